The molecule has 1 fully saturated rings. The summed E-state index contributed by atoms with van der Waals surface area (Å²) in [5, 5.41) is 0. The third-order valence-corrected chi connectivity index (χ3v) is 5.04. The predicted octanol–water partition coefficient (Wildman–Crippen LogP) is 2.14. The standard InChI is InChI=1S/C11H13F2NO2S/c1-8-4-3-7-14(8)17(15,16)11-9(12)5-2-6-10(11)13/h2,5-6,8H,3-4,7H2,1H3. The maximum absolute atomic E-state index is 13.5. The molecule has 0 saturated carbocycles. The topological polar surface area (TPSA) is 37.4 Å². The summed E-state index contributed by atoms with van der Waals surface area (Å²) >= 11 is 0. The summed E-state index contributed by atoms with van der Waals surface area (Å²) in [6.07, 6.45) is 1.44. The number of sulfonamides is 1. The molecule has 1 saturated heterocycles. The van der Waals surface area contributed by atoms with E-state index in [1.54, 1.807) is 6.92 Å². The van der Waals surface area contributed by atoms with Gasteiger partial charge in [0, 0.05) is 12.6 Å². The van der Waals surface area contributed by atoms with Crippen molar-refractivity contribution in [3.05, 3.63) is 29.8 Å². The summed E-state index contributed by atoms with van der Waals surface area (Å²) in [5.41, 5.74) is 0. The lowest BCUT2D eigenvalue weighted by Crippen LogP contribution is -2.34. The fourth-order valence-electron chi connectivity index (χ4n) is 2.11. The van der Waals surface area contributed by atoms with Crippen molar-refractivity contribution in [2.75, 3.05) is 6.54 Å². The van der Waals surface area contributed by atoms with Crippen LogP contribution in [-0.4, -0.2) is 25.3 Å². The normalized spacial score (nSPS) is 21.9. The van der Waals surface area contributed by atoms with Gasteiger partial charge in [0.2, 0.25) is 10.0 Å². The number of hydrogen-bond donors (Lipinski definition) is 0. The Labute approximate surface area is 99.1 Å². The van der Waals surface area contributed by atoms with Crippen LogP contribution in [0.5, 0.6) is 0 Å². The fraction of sp³-hybridized carbons (Fsp3) is 0.455. The number of benzene rings is 1. The van der Waals surface area contributed by atoms with E-state index >= 15 is 0 Å². The van der Waals surface area contributed by atoms with Crippen LogP contribution in [0, 0.1) is 11.6 Å². The molecule has 1 heterocycles. The predicted molar refractivity (Wildman–Crippen MR) is 58.9 cm³/mol. The van der Waals surface area contributed by atoms with E-state index in [1.807, 2.05) is 0 Å². The SMILES string of the molecule is CC1CCCN1S(=O)(=O)c1c(F)cccc1F. The highest BCUT2D eigenvalue weighted by Gasteiger charge is 2.36. The molecule has 0 spiro atoms. The zero-order valence-corrected chi connectivity index (χ0v) is 10.2. The lowest BCUT2D eigenvalue weighted by molar-refractivity contribution is 0.399. The number of rotatable bonds is 2. The van der Waals surface area contributed by atoms with E-state index in [0.717, 1.165) is 35.3 Å². The van der Waals surface area contributed by atoms with E-state index in [0.29, 0.717) is 6.54 Å². The lowest BCUT2D eigenvalue weighted by Gasteiger charge is -2.21. The second-order valence-electron chi connectivity index (χ2n) is 4.16. The Morgan fingerprint density at radius 1 is 1.29 bits per heavy atom. The van der Waals surface area contributed by atoms with Crippen LogP contribution < -0.4 is 0 Å². The van der Waals surface area contributed by atoms with E-state index in [2.05, 4.69) is 0 Å². The molecular formula is C11H13F2NO2S. The molecule has 0 aliphatic carbocycles. The minimum absolute atomic E-state index is 0.209. The minimum Gasteiger partial charge on any atom is -0.207 e. The van der Waals surface area contributed by atoms with Gasteiger partial charge in [-0.2, -0.15) is 4.31 Å². The van der Waals surface area contributed by atoms with Crippen molar-refractivity contribution < 1.29 is 17.2 Å². The quantitative estimate of drug-likeness (QED) is 0.818. The molecule has 94 valence electrons. The van der Waals surface area contributed by atoms with Gasteiger partial charge in [-0.1, -0.05) is 6.07 Å². The summed E-state index contributed by atoms with van der Waals surface area (Å²) in [4.78, 5) is -0.839. The van der Waals surface area contributed by atoms with E-state index < -0.39 is 26.6 Å². The van der Waals surface area contributed by atoms with Gasteiger partial charge in [0.05, 0.1) is 0 Å². The molecule has 1 aromatic rings. The van der Waals surface area contributed by atoms with Gasteiger partial charge in [-0.25, -0.2) is 17.2 Å². The monoisotopic (exact) mass is 261 g/mol. The third kappa shape index (κ3) is 2.07. The summed E-state index contributed by atoms with van der Waals surface area (Å²) in [7, 11) is -4.07. The second kappa shape index (κ2) is 4.34. The zero-order valence-electron chi connectivity index (χ0n) is 9.36. The van der Waals surface area contributed by atoms with E-state index in [1.165, 1.54) is 0 Å². The highest BCUT2D eigenvalue weighted by molar-refractivity contribution is 7.89. The molecule has 17 heavy (non-hydrogen) atoms. The molecule has 0 amide bonds. The smallest absolute Gasteiger partial charge is 0.207 e. The van der Waals surface area contributed by atoms with Crippen LogP contribution in [0.3, 0.4) is 0 Å². The number of halogens is 2. The number of hydrogen-bond acceptors (Lipinski definition) is 2. The second-order valence-corrected chi connectivity index (χ2v) is 5.99. The molecule has 3 nitrogen and oxygen atoms in total. The maximum atomic E-state index is 13.5. The Balaban J connectivity index is 2.52. The Hall–Kier alpha value is -1.01. The summed E-state index contributed by atoms with van der Waals surface area (Å²) < 4.78 is 52.4. The Bertz CT molecular complexity index is 510. The van der Waals surface area contributed by atoms with Crippen molar-refractivity contribution in [1.29, 1.82) is 0 Å². The summed E-state index contributed by atoms with van der Waals surface area (Å²) in [5.74, 6) is -2.08. The molecular weight excluding hydrogens is 248 g/mol. The molecule has 1 aliphatic heterocycles. The zero-order chi connectivity index (χ0) is 12.6. The molecule has 2 rings (SSSR count). The van der Waals surface area contributed by atoms with Crippen LogP contribution in [0.25, 0.3) is 0 Å². The molecule has 1 aromatic carbocycles. The minimum atomic E-state index is -4.07. The van der Waals surface area contributed by atoms with Crippen molar-refractivity contribution in [3.63, 3.8) is 0 Å². The molecule has 0 aromatic heterocycles. The largest absolute Gasteiger partial charge is 0.249 e. The van der Waals surface area contributed by atoms with Crippen LogP contribution in [0.15, 0.2) is 23.1 Å². The van der Waals surface area contributed by atoms with Gasteiger partial charge in [-0.15, -0.1) is 0 Å². The first-order valence-electron chi connectivity index (χ1n) is 5.40. The fourth-order valence-corrected chi connectivity index (χ4v) is 3.92. The Kier molecular flexibility index (Phi) is 3.18. The average molecular weight is 261 g/mol. The van der Waals surface area contributed by atoms with Gasteiger partial charge in [-0.3, -0.25) is 0 Å². The van der Waals surface area contributed by atoms with Gasteiger partial charge < -0.3 is 0 Å². The van der Waals surface area contributed by atoms with E-state index in [4.69, 9.17) is 0 Å². The number of nitrogens with zero attached hydrogens (tertiary/aromatic N) is 1. The summed E-state index contributed by atoms with van der Waals surface area (Å²) in [6, 6.07) is 2.85. The molecule has 0 bridgehead atoms. The van der Waals surface area contributed by atoms with Crippen molar-refractivity contribution in [2.24, 2.45) is 0 Å². The van der Waals surface area contributed by atoms with Gasteiger partial charge in [0.25, 0.3) is 0 Å². The van der Waals surface area contributed by atoms with Crippen molar-refractivity contribution in [2.45, 2.75) is 30.7 Å². The molecule has 1 aliphatic rings. The lowest BCUT2D eigenvalue weighted by atomic mass is 10.3. The maximum Gasteiger partial charge on any atom is 0.249 e. The highest BCUT2D eigenvalue weighted by atomic mass is 32.2. The molecule has 0 N–H and O–H groups in total. The van der Waals surface area contributed by atoms with Crippen LogP contribution in [0.1, 0.15) is 19.8 Å². The molecule has 6 heteroatoms. The first-order chi connectivity index (χ1) is 7.94. The van der Waals surface area contributed by atoms with E-state index in [-0.39, 0.29) is 6.04 Å². The first-order valence-corrected chi connectivity index (χ1v) is 6.84. The molecule has 1 atom stereocenters. The van der Waals surface area contributed by atoms with Gasteiger partial charge >= 0.3 is 0 Å². The van der Waals surface area contributed by atoms with Crippen molar-refractivity contribution in [3.8, 4) is 0 Å². The van der Waals surface area contributed by atoms with Crippen LogP contribution in [0.4, 0.5) is 8.78 Å². The Morgan fingerprint density at radius 2 is 1.88 bits per heavy atom. The third-order valence-electron chi connectivity index (χ3n) is 2.98. The van der Waals surface area contributed by atoms with Crippen molar-refractivity contribution >= 4 is 10.0 Å². The first kappa shape index (κ1) is 12.4. The average Bonchev–Trinajstić information content (AvgIpc) is 2.64. The van der Waals surface area contributed by atoms with Gasteiger partial charge in [-0.05, 0) is 31.9 Å². The van der Waals surface area contributed by atoms with Crippen LogP contribution >= 0.6 is 0 Å². The summed E-state index contributed by atoms with van der Waals surface area (Å²) in [6.45, 7) is 2.06. The van der Waals surface area contributed by atoms with Crippen LogP contribution in [0.2, 0.25) is 0 Å². The van der Waals surface area contributed by atoms with E-state index in [9.17, 15) is 17.2 Å². The highest BCUT2D eigenvalue weighted by Crippen LogP contribution is 2.28. The van der Waals surface area contributed by atoms with Crippen LogP contribution in [-0.2, 0) is 10.0 Å². The molecule has 1 unspecified atom stereocenters. The van der Waals surface area contributed by atoms with Crippen molar-refractivity contribution in [1.82, 2.24) is 4.31 Å². The Morgan fingerprint density at radius 3 is 2.35 bits per heavy atom. The van der Waals surface area contributed by atoms with Gasteiger partial charge in [0.1, 0.15) is 11.6 Å². The van der Waals surface area contributed by atoms with Gasteiger partial charge in [0.15, 0.2) is 4.90 Å². The molecule has 0 radical (unpaired) electrons.